The van der Waals surface area contributed by atoms with Crippen molar-refractivity contribution in [2.24, 2.45) is 11.1 Å². The van der Waals surface area contributed by atoms with E-state index in [2.05, 4.69) is 13.8 Å². The third kappa shape index (κ3) is 2.27. The van der Waals surface area contributed by atoms with Crippen LogP contribution < -0.4 is 5.73 Å². The predicted octanol–water partition coefficient (Wildman–Crippen LogP) is 2.09. The summed E-state index contributed by atoms with van der Waals surface area (Å²) in [6, 6.07) is 0.305. The Morgan fingerprint density at radius 3 is 2.38 bits per heavy atom. The molecule has 2 rings (SSSR count). The van der Waals surface area contributed by atoms with Gasteiger partial charge in [0.15, 0.2) is 0 Å². The summed E-state index contributed by atoms with van der Waals surface area (Å²) >= 11 is 0. The standard InChI is InChI=1S/C13H25NO2/c1-13(2)11(14)8-12(13)16-10-6-4-5-9(7-10)15-3/h9-12H,4-8,14H2,1-3H3. The van der Waals surface area contributed by atoms with E-state index in [1.54, 1.807) is 7.11 Å². The fourth-order valence-corrected chi connectivity index (χ4v) is 2.82. The molecule has 0 bridgehead atoms. The molecule has 0 radical (unpaired) electrons. The Hall–Kier alpha value is -0.120. The van der Waals surface area contributed by atoms with Crippen LogP contribution in [0.25, 0.3) is 0 Å². The first-order chi connectivity index (χ1) is 7.54. The van der Waals surface area contributed by atoms with Gasteiger partial charge in [0, 0.05) is 18.6 Å². The molecule has 94 valence electrons. The van der Waals surface area contributed by atoms with Crippen molar-refractivity contribution in [2.75, 3.05) is 7.11 Å². The van der Waals surface area contributed by atoms with Crippen molar-refractivity contribution in [3.63, 3.8) is 0 Å². The number of hydrogen-bond donors (Lipinski definition) is 1. The lowest BCUT2D eigenvalue weighted by Crippen LogP contribution is -2.60. The van der Waals surface area contributed by atoms with Gasteiger partial charge >= 0.3 is 0 Å². The molecular formula is C13H25NO2. The molecule has 4 atom stereocenters. The molecule has 3 heteroatoms. The molecule has 2 saturated carbocycles. The average Bonchev–Trinajstić information content (AvgIpc) is 2.29. The fraction of sp³-hybridized carbons (Fsp3) is 1.00. The lowest BCUT2D eigenvalue weighted by molar-refractivity contribution is -0.156. The van der Waals surface area contributed by atoms with Crippen LogP contribution in [-0.2, 0) is 9.47 Å². The molecule has 2 fully saturated rings. The van der Waals surface area contributed by atoms with Gasteiger partial charge in [-0.3, -0.25) is 0 Å². The zero-order valence-corrected chi connectivity index (χ0v) is 10.7. The predicted molar refractivity (Wildman–Crippen MR) is 64.3 cm³/mol. The summed E-state index contributed by atoms with van der Waals surface area (Å²) in [5.41, 5.74) is 6.15. The minimum absolute atomic E-state index is 0.153. The molecular weight excluding hydrogens is 202 g/mol. The molecule has 3 nitrogen and oxygen atoms in total. The van der Waals surface area contributed by atoms with Crippen LogP contribution in [0, 0.1) is 5.41 Å². The van der Waals surface area contributed by atoms with E-state index in [1.807, 2.05) is 0 Å². The van der Waals surface area contributed by atoms with Crippen LogP contribution in [0.15, 0.2) is 0 Å². The van der Waals surface area contributed by atoms with Crippen LogP contribution in [-0.4, -0.2) is 31.5 Å². The highest BCUT2D eigenvalue weighted by Crippen LogP contribution is 2.43. The number of ether oxygens (including phenoxy) is 2. The highest BCUT2D eigenvalue weighted by molar-refractivity contribution is 5.01. The molecule has 2 N–H and O–H groups in total. The Balaban J connectivity index is 1.82. The quantitative estimate of drug-likeness (QED) is 0.803. The average molecular weight is 227 g/mol. The van der Waals surface area contributed by atoms with E-state index >= 15 is 0 Å². The van der Waals surface area contributed by atoms with Crippen LogP contribution in [0.5, 0.6) is 0 Å². The summed E-state index contributed by atoms with van der Waals surface area (Å²) < 4.78 is 11.6. The van der Waals surface area contributed by atoms with Crippen LogP contribution >= 0.6 is 0 Å². The number of hydrogen-bond acceptors (Lipinski definition) is 3. The minimum atomic E-state index is 0.153. The van der Waals surface area contributed by atoms with Gasteiger partial charge in [0.2, 0.25) is 0 Å². The lowest BCUT2D eigenvalue weighted by atomic mass is 9.65. The minimum Gasteiger partial charge on any atom is -0.381 e. The molecule has 0 aromatic heterocycles. The Labute approximate surface area is 98.7 Å². The van der Waals surface area contributed by atoms with E-state index in [4.69, 9.17) is 15.2 Å². The van der Waals surface area contributed by atoms with E-state index in [1.165, 1.54) is 19.3 Å². The molecule has 0 aromatic rings. The summed E-state index contributed by atoms with van der Waals surface area (Å²) in [5, 5.41) is 0. The number of rotatable bonds is 3. The fourth-order valence-electron chi connectivity index (χ4n) is 2.82. The summed E-state index contributed by atoms with van der Waals surface area (Å²) in [6.45, 7) is 4.42. The molecule has 0 amide bonds. The summed E-state index contributed by atoms with van der Waals surface area (Å²) in [6.07, 6.45) is 6.79. The largest absolute Gasteiger partial charge is 0.381 e. The number of nitrogens with two attached hydrogens (primary N) is 1. The van der Waals surface area contributed by atoms with Crippen molar-refractivity contribution in [1.82, 2.24) is 0 Å². The van der Waals surface area contributed by atoms with Gasteiger partial charge in [-0.15, -0.1) is 0 Å². The first-order valence-corrected chi connectivity index (χ1v) is 6.48. The van der Waals surface area contributed by atoms with Gasteiger partial charge in [0.1, 0.15) is 0 Å². The van der Waals surface area contributed by atoms with Crippen molar-refractivity contribution in [2.45, 2.75) is 70.3 Å². The second-order valence-electron chi connectivity index (χ2n) is 5.93. The molecule has 0 aromatic carbocycles. The topological polar surface area (TPSA) is 44.5 Å². The van der Waals surface area contributed by atoms with Gasteiger partial charge in [-0.2, -0.15) is 0 Å². The maximum absolute atomic E-state index is 6.18. The van der Waals surface area contributed by atoms with Crippen LogP contribution in [0.3, 0.4) is 0 Å². The van der Waals surface area contributed by atoms with Gasteiger partial charge in [-0.25, -0.2) is 0 Å². The monoisotopic (exact) mass is 227 g/mol. The molecule has 4 unspecified atom stereocenters. The van der Waals surface area contributed by atoms with Crippen LogP contribution in [0.2, 0.25) is 0 Å². The summed E-state index contributed by atoms with van der Waals surface area (Å²) in [7, 11) is 1.80. The maximum atomic E-state index is 6.18. The number of methoxy groups -OCH3 is 1. The molecule has 0 saturated heterocycles. The maximum Gasteiger partial charge on any atom is 0.0659 e. The third-order valence-corrected chi connectivity index (χ3v) is 4.52. The molecule has 0 aliphatic heterocycles. The molecule has 0 heterocycles. The first kappa shape index (κ1) is 12.3. The summed E-state index contributed by atoms with van der Waals surface area (Å²) in [5.74, 6) is 0. The zero-order valence-electron chi connectivity index (χ0n) is 10.7. The Morgan fingerprint density at radius 1 is 1.12 bits per heavy atom. The molecule has 2 aliphatic carbocycles. The first-order valence-electron chi connectivity index (χ1n) is 6.48. The smallest absolute Gasteiger partial charge is 0.0659 e. The van der Waals surface area contributed by atoms with Gasteiger partial charge < -0.3 is 15.2 Å². The molecule has 0 spiro atoms. The molecule has 2 aliphatic rings. The van der Waals surface area contributed by atoms with E-state index in [0.717, 1.165) is 12.8 Å². The second kappa shape index (κ2) is 4.63. The second-order valence-corrected chi connectivity index (χ2v) is 5.93. The van der Waals surface area contributed by atoms with Crippen molar-refractivity contribution in [1.29, 1.82) is 0 Å². The van der Waals surface area contributed by atoms with E-state index in [0.29, 0.717) is 24.4 Å². The van der Waals surface area contributed by atoms with Gasteiger partial charge in [0.05, 0.1) is 18.3 Å². The SMILES string of the molecule is COC1CCCC(OC2CC(N)C2(C)C)C1. The van der Waals surface area contributed by atoms with Gasteiger partial charge in [0.25, 0.3) is 0 Å². The Morgan fingerprint density at radius 2 is 1.81 bits per heavy atom. The van der Waals surface area contributed by atoms with Crippen molar-refractivity contribution in [3.8, 4) is 0 Å². The van der Waals surface area contributed by atoms with Crippen molar-refractivity contribution < 1.29 is 9.47 Å². The van der Waals surface area contributed by atoms with Gasteiger partial charge in [-0.05, 0) is 32.1 Å². The van der Waals surface area contributed by atoms with E-state index < -0.39 is 0 Å². The van der Waals surface area contributed by atoms with Crippen LogP contribution in [0.1, 0.15) is 46.0 Å². The van der Waals surface area contributed by atoms with E-state index in [-0.39, 0.29) is 5.41 Å². The van der Waals surface area contributed by atoms with E-state index in [9.17, 15) is 0 Å². The highest BCUT2D eigenvalue weighted by atomic mass is 16.5. The van der Waals surface area contributed by atoms with Crippen molar-refractivity contribution in [3.05, 3.63) is 0 Å². The third-order valence-electron chi connectivity index (χ3n) is 4.52. The lowest BCUT2D eigenvalue weighted by Gasteiger charge is -2.51. The normalized spacial score (nSPS) is 42.8. The highest BCUT2D eigenvalue weighted by Gasteiger charge is 2.48. The van der Waals surface area contributed by atoms with Crippen molar-refractivity contribution >= 4 is 0 Å². The zero-order chi connectivity index (χ0) is 11.8. The molecule has 16 heavy (non-hydrogen) atoms. The van der Waals surface area contributed by atoms with Gasteiger partial charge in [-0.1, -0.05) is 13.8 Å². The Kier molecular flexibility index (Phi) is 3.57. The van der Waals surface area contributed by atoms with Crippen LogP contribution in [0.4, 0.5) is 0 Å². The summed E-state index contributed by atoms with van der Waals surface area (Å²) in [4.78, 5) is 0. The Bertz CT molecular complexity index is 242.